The van der Waals surface area contributed by atoms with E-state index in [1.807, 2.05) is 0 Å². The van der Waals surface area contributed by atoms with Crippen molar-refractivity contribution in [3.8, 4) is 0 Å². The molecule has 1 aromatic rings. The molecule has 2 aliphatic heterocycles. The molecule has 0 radical (unpaired) electrons. The van der Waals surface area contributed by atoms with Crippen LogP contribution in [-0.4, -0.2) is 38.5 Å². The minimum atomic E-state index is 0.434. The van der Waals surface area contributed by atoms with Crippen LogP contribution in [0.1, 0.15) is 108 Å². The highest BCUT2D eigenvalue weighted by Crippen LogP contribution is 2.28. The molecule has 0 saturated carbocycles. The molecule has 0 N–H and O–H groups in total. The van der Waals surface area contributed by atoms with Gasteiger partial charge in [0.2, 0.25) is 0 Å². The second kappa shape index (κ2) is 16.4. The number of allylic oxidation sites excluding steroid dienone is 2. The van der Waals surface area contributed by atoms with E-state index in [1.54, 1.807) is 0 Å². The Kier molecular flexibility index (Phi) is 13.1. The molecule has 0 aliphatic carbocycles. The zero-order valence-corrected chi connectivity index (χ0v) is 22.2. The molecule has 0 aromatic heterocycles. The number of anilines is 1. The van der Waals surface area contributed by atoms with Crippen molar-refractivity contribution in [2.75, 3.05) is 31.2 Å². The first kappa shape index (κ1) is 27.3. The van der Waals surface area contributed by atoms with E-state index in [1.165, 1.54) is 107 Å². The molecule has 2 atom stereocenters. The standard InChI is InChI=1S/C31H51NO2/c1-3-4-5-6-7-8-9-10-11-12-13-14-15-16-17-18-22-32(24-30-26-34-30)31-21-19-20-28(27(31)2)23-29-25-33-29/h10-11,19-21,29-30H,3-9,12-18,22-26H2,1-2H3/b11-10-. The Morgan fingerprint density at radius 1 is 0.794 bits per heavy atom. The predicted molar refractivity (Wildman–Crippen MR) is 146 cm³/mol. The summed E-state index contributed by atoms with van der Waals surface area (Å²) in [5.41, 5.74) is 4.28. The monoisotopic (exact) mass is 469 g/mol. The number of hydrogen-bond acceptors (Lipinski definition) is 3. The van der Waals surface area contributed by atoms with Gasteiger partial charge in [-0.2, -0.15) is 0 Å². The number of nitrogens with zero attached hydrogens (tertiary/aromatic N) is 1. The Hall–Kier alpha value is -1.32. The second-order valence-electron chi connectivity index (χ2n) is 10.6. The van der Waals surface area contributed by atoms with Gasteiger partial charge < -0.3 is 14.4 Å². The molecular formula is C31H51NO2. The fraction of sp³-hybridized carbons (Fsp3) is 0.742. The van der Waals surface area contributed by atoms with Crippen LogP contribution in [0.15, 0.2) is 30.4 Å². The van der Waals surface area contributed by atoms with E-state index < -0.39 is 0 Å². The molecule has 0 spiro atoms. The van der Waals surface area contributed by atoms with Crippen LogP contribution in [0.5, 0.6) is 0 Å². The maximum Gasteiger partial charge on any atom is 0.0984 e. The topological polar surface area (TPSA) is 28.3 Å². The smallest absolute Gasteiger partial charge is 0.0984 e. The molecule has 3 rings (SSSR count). The summed E-state index contributed by atoms with van der Waals surface area (Å²) in [4.78, 5) is 2.58. The fourth-order valence-corrected chi connectivity index (χ4v) is 4.94. The van der Waals surface area contributed by atoms with Crippen LogP contribution in [0.25, 0.3) is 0 Å². The molecule has 0 bridgehead atoms. The van der Waals surface area contributed by atoms with Crippen molar-refractivity contribution in [1.29, 1.82) is 0 Å². The van der Waals surface area contributed by atoms with Gasteiger partial charge in [0, 0.05) is 25.2 Å². The van der Waals surface area contributed by atoms with Crippen molar-refractivity contribution >= 4 is 5.69 Å². The van der Waals surface area contributed by atoms with E-state index in [-0.39, 0.29) is 0 Å². The van der Waals surface area contributed by atoms with Crippen LogP contribution in [0.4, 0.5) is 5.69 Å². The van der Waals surface area contributed by atoms with Crippen molar-refractivity contribution in [2.24, 2.45) is 0 Å². The van der Waals surface area contributed by atoms with Gasteiger partial charge in [-0.1, -0.05) is 89.0 Å². The molecule has 2 unspecified atom stereocenters. The Bertz CT molecular complexity index is 693. The number of hydrogen-bond donors (Lipinski definition) is 0. The van der Waals surface area contributed by atoms with Crippen molar-refractivity contribution in [2.45, 2.75) is 122 Å². The molecule has 2 aliphatic rings. The minimum absolute atomic E-state index is 0.434. The Morgan fingerprint density at radius 3 is 2.00 bits per heavy atom. The SMILES string of the molecule is CCCCCCCC/C=C\CCCCCCCCN(CC1CO1)c1cccc(CC2CO2)c1C. The Morgan fingerprint density at radius 2 is 1.38 bits per heavy atom. The van der Waals surface area contributed by atoms with E-state index in [4.69, 9.17) is 9.47 Å². The van der Waals surface area contributed by atoms with Gasteiger partial charge in [0.05, 0.1) is 25.4 Å². The fourth-order valence-electron chi connectivity index (χ4n) is 4.94. The zero-order chi connectivity index (χ0) is 23.8. The van der Waals surface area contributed by atoms with Crippen LogP contribution >= 0.6 is 0 Å². The third-order valence-electron chi connectivity index (χ3n) is 7.37. The van der Waals surface area contributed by atoms with Gasteiger partial charge in [-0.25, -0.2) is 0 Å². The van der Waals surface area contributed by atoms with E-state index in [9.17, 15) is 0 Å². The molecule has 3 nitrogen and oxygen atoms in total. The molecular weight excluding hydrogens is 418 g/mol. The molecule has 192 valence electrons. The summed E-state index contributed by atoms with van der Waals surface area (Å²) in [6, 6.07) is 6.80. The summed E-state index contributed by atoms with van der Waals surface area (Å²) in [5, 5.41) is 0. The lowest BCUT2D eigenvalue weighted by Crippen LogP contribution is -2.29. The maximum atomic E-state index is 5.57. The third-order valence-corrected chi connectivity index (χ3v) is 7.37. The summed E-state index contributed by atoms with van der Waals surface area (Å²) >= 11 is 0. The lowest BCUT2D eigenvalue weighted by Gasteiger charge is -2.27. The van der Waals surface area contributed by atoms with Gasteiger partial charge in [-0.3, -0.25) is 0 Å². The first-order valence-corrected chi connectivity index (χ1v) is 14.5. The lowest BCUT2D eigenvalue weighted by atomic mass is 10.0. The number of epoxide rings is 2. The van der Waals surface area contributed by atoms with E-state index in [0.29, 0.717) is 12.2 Å². The highest BCUT2D eigenvalue weighted by molar-refractivity contribution is 5.56. The quantitative estimate of drug-likeness (QED) is 0.103. The Balaban J connectivity index is 1.23. The number of ether oxygens (including phenoxy) is 2. The van der Waals surface area contributed by atoms with Gasteiger partial charge >= 0.3 is 0 Å². The van der Waals surface area contributed by atoms with E-state index >= 15 is 0 Å². The Labute approximate surface area is 210 Å². The first-order valence-electron chi connectivity index (χ1n) is 14.5. The predicted octanol–water partition coefficient (Wildman–Crippen LogP) is 8.18. The molecule has 2 fully saturated rings. The lowest BCUT2D eigenvalue weighted by molar-refractivity contribution is 0.405. The maximum absolute atomic E-state index is 5.57. The largest absolute Gasteiger partial charge is 0.373 e. The summed E-state index contributed by atoms with van der Waals surface area (Å²) in [5.74, 6) is 0. The summed E-state index contributed by atoms with van der Waals surface area (Å²) in [6.45, 7) is 8.61. The van der Waals surface area contributed by atoms with E-state index in [0.717, 1.165) is 32.7 Å². The molecule has 2 heterocycles. The van der Waals surface area contributed by atoms with E-state index in [2.05, 4.69) is 49.1 Å². The van der Waals surface area contributed by atoms with Crippen molar-refractivity contribution in [3.63, 3.8) is 0 Å². The van der Waals surface area contributed by atoms with Gasteiger partial charge in [0.25, 0.3) is 0 Å². The van der Waals surface area contributed by atoms with Crippen LogP contribution in [0, 0.1) is 6.92 Å². The molecule has 0 amide bonds. The van der Waals surface area contributed by atoms with Gasteiger partial charge in [-0.15, -0.1) is 0 Å². The van der Waals surface area contributed by atoms with Crippen molar-refractivity contribution in [3.05, 3.63) is 41.5 Å². The average molecular weight is 470 g/mol. The highest BCUT2D eigenvalue weighted by atomic mass is 16.6. The number of unbranched alkanes of at least 4 members (excludes halogenated alkanes) is 12. The second-order valence-corrected chi connectivity index (χ2v) is 10.6. The minimum Gasteiger partial charge on any atom is -0.373 e. The van der Waals surface area contributed by atoms with Gasteiger partial charge in [0.1, 0.15) is 0 Å². The number of rotatable bonds is 21. The first-order chi connectivity index (χ1) is 16.8. The summed E-state index contributed by atoms with van der Waals surface area (Å²) in [7, 11) is 0. The van der Waals surface area contributed by atoms with Crippen LogP contribution in [-0.2, 0) is 15.9 Å². The highest BCUT2D eigenvalue weighted by Gasteiger charge is 2.27. The third kappa shape index (κ3) is 11.4. The average Bonchev–Trinajstić information content (AvgIpc) is 3.76. The molecule has 34 heavy (non-hydrogen) atoms. The zero-order valence-electron chi connectivity index (χ0n) is 22.2. The van der Waals surface area contributed by atoms with Crippen LogP contribution in [0.3, 0.4) is 0 Å². The molecule has 2 saturated heterocycles. The van der Waals surface area contributed by atoms with Crippen LogP contribution in [0.2, 0.25) is 0 Å². The van der Waals surface area contributed by atoms with Crippen LogP contribution < -0.4 is 4.90 Å². The molecule has 1 aromatic carbocycles. The summed E-state index contributed by atoms with van der Waals surface area (Å²) in [6.07, 6.45) is 25.8. The van der Waals surface area contributed by atoms with Gasteiger partial charge in [-0.05, 0) is 56.2 Å². The summed E-state index contributed by atoms with van der Waals surface area (Å²) < 4.78 is 11.0. The van der Waals surface area contributed by atoms with Crippen molar-refractivity contribution in [1.82, 2.24) is 0 Å². The number of benzene rings is 1. The van der Waals surface area contributed by atoms with Gasteiger partial charge in [0.15, 0.2) is 0 Å². The van der Waals surface area contributed by atoms with Crippen molar-refractivity contribution < 1.29 is 9.47 Å². The normalized spacial score (nSPS) is 19.1. The molecule has 3 heteroatoms.